The maximum absolute atomic E-state index is 5.82. The Morgan fingerprint density at radius 3 is 1.94 bits per heavy atom. The van der Waals surface area contributed by atoms with Gasteiger partial charge in [0.2, 0.25) is 8.32 Å². The van der Waals surface area contributed by atoms with Crippen LogP contribution in [0.1, 0.15) is 0 Å². The van der Waals surface area contributed by atoms with Crippen LogP contribution in [0.4, 0.5) is 0 Å². The van der Waals surface area contributed by atoms with Crippen LogP contribution in [0.2, 0.25) is 45.8 Å². The first-order valence-electron chi connectivity index (χ1n) is 5.64. The van der Waals surface area contributed by atoms with Crippen LogP contribution in [0.15, 0.2) is 0 Å². The zero-order valence-corrected chi connectivity index (χ0v) is 19.7. The smallest absolute Gasteiger partial charge is 0.408 e. The predicted octanol–water partition coefficient (Wildman–Crippen LogP) is 2.12. The van der Waals surface area contributed by atoms with Crippen LogP contribution in [0.25, 0.3) is 0 Å². The summed E-state index contributed by atoms with van der Waals surface area (Å²) in [6.07, 6.45) is 0. The fraction of sp³-hybridized carbons (Fsp3) is 1.00. The topological polar surface area (TPSA) is 46.2 Å². The molecule has 0 fully saturated rings. The molecule has 10 heteroatoms. The van der Waals surface area contributed by atoms with Crippen molar-refractivity contribution in [1.29, 1.82) is 0 Å². The molecule has 0 amide bonds. The minimum atomic E-state index is -2.00. The molecule has 1 unspecified atom stereocenters. The summed E-state index contributed by atoms with van der Waals surface area (Å²) < 4.78 is 27.5. The molecular formula is C8H25O5Si4Y. The van der Waals surface area contributed by atoms with Crippen molar-refractivity contribution in [1.82, 2.24) is 0 Å². The van der Waals surface area contributed by atoms with Gasteiger partial charge in [-0.2, -0.15) is 0 Å². The second-order valence-electron chi connectivity index (χ2n) is 5.18. The maximum atomic E-state index is 5.82. The van der Waals surface area contributed by atoms with E-state index in [1.807, 2.05) is 26.2 Å². The fourth-order valence-electron chi connectivity index (χ4n) is 0.909. The quantitative estimate of drug-likeness (QED) is 0.354. The van der Waals surface area contributed by atoms with Crippen molar-refractivity contribution in [2.45, 2.75) is 45.8 Å². The van der Waals surface area contributed by atoms with E-state index in [4.69, 9.17) is 21.8 Å². The SMILES string of the molecule is CO[Si](C)(C)O[SiH](C)O[Si](C)OO[Si](C)(C)C.[Y]. The third-order valence-corrected chi connectivity index (χ3v) is 9.99. The maximum Gasteiger partial charge on any atom is 0.408 e. The van der Waals surface area contributed by atoms with Gasteiger partial charge in [-0.1, -0.05) is 0 Å². The standard InChI is InChI=1S/C8H25O5Si4.Y/c1-9-17(7,8)13-15(3)12-14(2)10-11-16(4,5)6;/h15H,1-8H3;. The molecule has 1 atom stereocenters. The Morgan fingerprint density at radius 2 is 1.56 bits per heavy atom. The van der Waals surface area contributed by atoms with Gasteiger partial charge in [0.15, 0.2) is 0 Å². The van der Waals surface area contributed by atoms with Gasteiger partial charge in [0.25, 0.3) is 0 Å². The summed E-state index contributed by atoms with van der Waals surface area (Å²) in [5.41, 5.74) is 0. The largest absolute Gasteiger partial charge is 0.418 e. The zero-order chi connectivity index (χ0) is 13.7. The zero-order valence-electron chi connectivity index (χ0n) is 12.7. The van der Waals surface area contributed by atoms with E-state index in [0.717, 1.165) is 0 Å². The molecule has 0 aliphatic carbocycles. The number of hydrogen-bond donors (Lipinski definition) is 0. The molecule has 0 rings (SSSR count). The van der Waals surface area contributed by atoms with Gasteiger partial charge in [0.05, 0.1) is 0 Å². The molecule has 0 spiro atoms. The second-order valence-corrected chi connectivity index (χ2v) is 16.9. The van der Waals surface area contributed by atoms with Crippen molar-refractivity contribution in [3.63, 3.8) is 0 Å². The van der Waals surface area contributed by atoms with Crippen molar-refractivity contribution in [3.8, 4) is 0 Å². The van der Waals surface area contributed by atoms with Crippen LogP contribution in [0, 0.1) is 0 Å². The predicted molar refractivity (Wildman–Crippen MR) is 76.8 cm³/mol. The fourth-order valence-corrected chi connectivity index (χ4v) is 8.61. The summed E-state index contributed by atoms with van der Waals surface area (Å²) >= 11 is 0. The first-order valence-corrected chi connectivity index (χ1v) is 15.8. The molecule has 2 radical (unpaired) electrons. The molecule has 0 bridgehead atoms. The van der Waals surface area contributed by atoms with Crippen molar-refractivity contribution < 1.29 is 54.5 Å². The molecule has 0 aromatic rings. The van der Waals surface area contributed by atoms with Gasteiger partial charge in [0, 0.05) is 39.8 Å². The monoisotopic (exact) mass is 402 g/mol. The summed E-state index contributed by atoms with van der Waals surface area (Å²) in [7, 11) is -5.05. The van der Waals surface area contributed by atoms with Gasteiger partial charge in [-0.05, 0) is 45.8 Å². The summed E-state index contributed by atoms with van der Waals surface area (Å²) in [6, 6.07) is 0. The Hall–Kier alpha value is 1.77. The van der Waals surface area contributed by atoms with Crippen molar-refractivity contribution in [2.75, 3.05) is 7.11 Å². The normalized spacial score (nSPS) is 14.5. The van der Waals surface area contributed by atoms with Crippen LogP contribution >= 0.6 is 0 Å². The van der Waals surface area contributed by atoms with Crippen LogP contribution < -0.4 is 0 Å². The third-order valence-electron chi connectivity index (χ3n) is 1.68. The molecule has 0 N–H and O–H groups in total. The van der Waals surface area contributed by atoms with Crippen LogP contribution in [0.3, 0.4) is 0 Å². The van der Waals surface area contributed by atoms with Crippen LogP contribution in [-0.2, 0) is 54.5 Å². The van der Waals surface area contributed by atoms with E-state index in [1.165, 1.54) is 0 Å². The van der Waals surface area contributed by atoms with E-state index < -0.39 is 35.4 Å². The average molecular weight is 403 g/mol. The second kappa shape index (κ2) is 9.66. The van der Waals surface area contributed by atoms with E-state index in [0.29, 0.717) is 0 Å². The van der Waals surface area contributed by atoms with E-state index in [9.17, 15) is 0 Å². The number of hydrogen-bond acceptors (Lipinski definition) is 5. The molecule has 0 saturated heterocycles. The third kappa shape index (κ3) is 12.8. The summed E-state index contributed by atoms with van der Waals surface area (Å²) in [5, 5.41) is 0. The Bertz CT molecular complexity index is 226. The van der Waals surface area contributed by atoms with Gasteiger partial charge in [-0.3, -0.25) is 9.15 Å². The van der Waals surface area contributed by atoms with Crippen LogP contribution in [0.5, 0.6) is 0 Å². The Morgan fingerprint density at radius 1 is 1.06 bits per heavy atom. The van der Waals surface area contributed by atoms with Crippen molar-refractivity contribution >= 4 is 35.4 Å². The van der Waals surface area contributed by atoms with Gasteiger partial charge < -0.3 is 12.7 Å². The van der Waals surface area contributed by atoms with E-state index >= 15 is 0 Å². The first-order chi connectivity index (χ1) is 7.56. The molecule has 0 aliphatic heterocycles. The van der Waals surface area contributed by atoms with Gasteiger partial charge in [0.1, 0.15) is 0 Å². The van der Waals surface area contributed by atoms with Gasteiger partial charge in [-0.15, -0.1) is 0 Å². The van der Waals surface area contributed by atoms with Crippen LogP contribution in [-0.4, -0.2) is 42.6 Å². The van der Waals surface area contributed by atoms with E-state index in [1.54, 1.807) is 7.11 Å². The summed E-state index contributed by atoms with van der Waals surface area (Å²) in [5.74, 6) is 0. The Kier molecular flexibility index (Phi) is 11.8. The molecule has 0 heterocycles. The molecule has 5 nitrogen and oxygen atoms in total. The minimum Gasteiger partial charge on any atom is -0.418 e. The Balaban J connectivity index is 0. The van der Waals surface area contributed by atoms with Gasteiger partial charge >= 0.3 is 27.1 Å². The summed E-state index contributed by atoms with van der Waals surface area (Å²) in [6.45, 7) is 14.1. The molecule has 0 aromatic heterocycles. The molecule has 106 valence electrons. The van der Waals surface area contributed by atoms with Crippen molar-refractivity contribution in [3.05, 3.63) is 0 Å². The molecular weight excluding hydrogens is 377 g/mol. The Labute approximate surface area is 142 Å². The average Bonchev–Trinajstić information content (AvgIpc) is 2.12. The number of rotatable bonds is 8. The molecule has 0 aromatic carbocycles. The van der Waals surface area contributed by atoms with Gasteiger partial charge in [-0.25, -0.2) is 0 Å². The summed E-state index contributed by atoms with van der Waals surface area (Å²) in [4.78, 5) is 0. The van der Waals surface area contributed by atoms with Crippen molar-refractivity contribution in [2.24, 2.45) is 0 Å². The molecule has 0 saturated carbocycles. The molecule has 18 heavy (non-hydrogen) atoms. The van der Waals surface area contributed by atoms with E-state index in [-0.39, 0.29) is 32.7 Å². The van der Waals surface area contributed by atoms with E-state index in [2.05, 4.69) is 19.6 Å². The first kappa shape index (κ1) is 22.1. The minimum absolute atomic E-state index is 0. The molecule has 0 aliphatic rings.